The molecule has 0 fully saturated rings. The summed E-state index contributed by atoms with van der Waals surface area (Å²) in [6.07, 6.45) is 8.30. The number of rotatable bonds is 7. The summed E-state index contributed by atoms with van der Waals surface area (Å²) in [6.45, 7) is 6.57. The van der Waals surface area contributed by atoms with Crippen molar-refractivity contribution in [2.45, 2.75) is 51.0 Å². The first-order valence-corrected chi connectivity index (χ1v) is 6.91. The molecule has 0 bridgehead atoms. The Hall–Kier alpha value is -0.250. The first-order valence-electron chi connectivity index (χ1n) is 6.00. The minimum absolute atomic E-state index is 0.277. The summed E-state index contributed by atoms with van der Waals surface area (Å²) in [7, 11) is 0. The summed E-state index contributed by atoms with van der Waals surface area (Å²) in [5.74, 6) is 0. The quantitative estimate of drug-likeness (QED) is 0.404. The van der Waals surface area contributed by atoms with Gasteiger partial charge in [-0.1, -0.05) is 33.1 Å². The van der Waals surface area contributed by atoms with Crippen LogP contribution in [0.4, 0.5) is 0 Å². The van der Waals surface area contributed by atoms with E-state index in [1.54, 1.807) is 0 Å². The number of alkyl halides is 1. The molecule has 0 N–H and O–H groups in total. The monoisotopic (exact) mass is 275 g/mol. The highest BCUT2D eigenvalue weighted by Gasteiger charge is 2.23. The lowest BCUT2D eigenvalue weighted by molar-refractivity contribution is 0.207. The van der Waals surface area contributed by atoms with Gasteiger partial charge in [0.15, 0.2) is 5.08 Å². The SMILES string of the molecule is CCCCCCN1N=CN(CCC)C1Br. The highest BCUT2D eigenvalue weighted by atomic mass is 79.9. The van der Waals surface area contributed by atoms with E-state index in [1.165, 1.54) is 25.7 Å². The second kappa shape index (κ2) is 7.09. The lowest BCUT2D eigenvalue weighted by atomic mass is 10.2. The van der Waals surface area contributed by atoms with Crippen LogP contribution in [0, 0.1) is 0 Å². The van der Waals surface area contributed by atoms with E-state index < -0.39 is 0 Å². The number of halogens is 1. The Morgan fingerprint density at radius 2 is 1.93 bits per heavy atom. The van der Waals surface area contributed by atoms with E-state index in [1.807, 2.05) is 6.34 Å². The maximum absolute atomic E-state index is 4.40. The molecule has 1 aliphatic rings. The fourth-order valence-electron chi connectivity index (χ4n) is 1.70. The maximum Gasteiger partial charge on any atom is 0.175 e. The minimum Gasteiger partial charge on any atom is -0.331 e. The van der Waals surface area contributed by atoms with Crippen molar-refractivity contribution in [2.24, 2.45) is 5.10 Å². The van der Waals surface area contributed by atoms with Gasteiger partial charge >= 0.3 is 0 Å². The van der Waals surface area contributed by atoms with Crippen LogP contribution in [0.3, 0.4) is 0 Å². The Balaban J connectivity index is 2.18. The zero-order valence-electron chi connectivity index (χ0n) is 9.82. The average Bonchev–Trinajstić information content (AvgIpc) is 2.57. The van der Waals surface area contributed by atoms with Crippen LogP contribution in [0.1, 0.15) is 46.0 Å². The molecule has 0 aromatic carbocycles. The van der Waals surface area contributed by atoms with Crippen molar-refractivity contribution in [3.8, 4) is 0 Å². The van der Waals surface area contributed by atoms with Gasteiger partial charge in [-0.05, 0) is 28.8 Å². The van der Waals surface area contributed by atoms with Crippen molar-refractivity contribution in [1.82, 2.24) is 9.91 Å². The zero-order chi connectivity index (χ0) is 11.1. The Bertz CT molecular complexity index is 196. The molecule has 0 radical (unpaired) electrons. The largest absolute Gasteiger partial charge is 0.331 e. The fourth-order valence-corrected chi connectivity index (χ4v) is 2.32. The molecule has 1 unspecified atom stereocenters. The van der Waals surface area contributed by atoms with E-state index in [0.29, 0.717) is 0 Å². The minimum atomic E-state index is 0.277. The first-order chi connectivity index (χ1) is 7.29. The first kappa shape index (κ1) is 12.8. The van der Waals surface area contributed by atoms with Gasteiger partial charge in [-0.3, -0.25) is 5.01 Å². The van der Waals surface area contributed by atoms with Crippen molar-refractivity contribution in [2.75, 3.05) is 13.1 Å². The molecule has 0 aliphatic carbocycles. The van der Waals surface area contributed by atoms with Gasteiger partial charge in [0.2, 0.25) is 0 Å². The molecule has 0 amide bonds. The predicted octanol–water partition coefficient (Wildman–Crippen LogP) is 3.22. The molecule has 3 nitrogen and oxygen atoms in total. The van der Waals surface area contributed by atoms with Crippen LogP contribution < -0.4 is 0 Å². The summed E-state index contributed by atoms with van der Waals surface area (Å²) in [6, 6.07) is 0. The number of hydrazone groups is 1. The van der Waals surface area contributed by atoms with Crippen LogP contribution in [0.5, 0.6) is 0 Å². The van der Waals surface area contributed by atoms with Gasteiger partial charge in [0.1, 0.15) is 6.34 Å². The molecule has 0 spiro atoms. The van der Waals surface area contributed by atoms with Gasteiger partial charge in [0, 0.05) is 13.1 Å². The second-order valence-electron chi connectivity index (χ2n) is 4.00. The third-order valence-electron chi connectivity index (χ3n) is 2.59. The summed E-state index contributed by atoms with van der Waals surface area (Å²) in [4.78, 5) is 2.24. The number of nitrogens with zero attached hydrogens (tertiary/aromatic N) is 3. The summed E-state index contributed by atoms with van der Waals surface area (Å²) < 4.78 is 0. The zero-order valence-corrected chi connectivity index (χ0v) is 11.4. The van der Waals surface area contributed by atoms with Gasteiger partial charge < -0.3 is 4.90 Å². The molecule has 0 saturated carbocycles. The van der Waals surface area contributed by atoms with Crippen LogP contribution >= 0.6 is 15.9 Å². The molecular formula is C11H22BrN3. The van der Waals surface area contributed by atoms with Crippen LogP contribution in [-0.2, 0) is 0 Å². The van der Waals surface area contributed by atoms with Crippen molar-refractivity contribution < 1.29 is 0 Å². The third kappa shape index (κ3) is 4.01. The van der Waals surface area contributed by atoms with E-state index >= 15 is 0 Å². The molecule has 15 heavy (non-hydrogen) atoms. The van der Waals surface area contributed by atoms with Crippen molar-refractivity contribution in [3.63, 3.8) is 0 Å². The Labute approximate surface area is 102 Å². The van der Waals surface area contributed by atoms with Gasteiger partial charge in [0.25, 0.3) is 0 Å². The topological polar surface area (TPSA) is 18.8 Å². The molecule has 0 aromatic heterocycles. The van der Waals surface area contributed by atoms with Crippen LogP contribution in [0.25, 0.3) is 0 Å². The van der Waals surface area contributed by atoms with E-state index in [-0.39, 0.29) is 5.08 Å². The summed E-state index contributed by atoms with van der Waals surface area (Å²) in [5.41, 5.74) is 0. The predicted molar refractivity (Wildman–Crippen MR) is 69.1 cm³/mol. The molecule has 1 rings (SSSR count). The number of unbranched alkanes of at least 4 members (excludes halogenated alkanes) is 3. The Morgan fingerprint density at radius 1 is 1.13 bits per heavy atom. The van der Waals surface area contributed by atoms with Crippen LogP contribution in [0.2, 0.25) is 0 Å². The van der Waals surface area contributed by atoms with E-state index in [9.17, 15) is 0 Å². The second-order valence-corrected chi connectivity index (χ2v) is 4.82. The highest BCUT2D eigenvalue weighted by molar-refractivity contribution is 9.09. The molecule has 1 aliphatic heterocycles. The van der Waals surface area contributed by atoms with Gasteiger partial charge in [-0.2, -0.15) is 5.10 Å². The van der Waals surface area contributed by atoms with Gasteiger partial charge in [-0.25, -0.2) is 0 Å². The average molecular weight is 276 g/mol. The van der Waals surface area contributed by atoms with Crippen LogP contribution in [0.15, 0.2) is 5.10 Å². The van der Waals surface area contributed by atoms with E-state index in [2.05, 4.69) is 44.8 Å². The molecule has 4 heteroatoms. The highest BCUT2D eigenvalue weighted by Crippen LogP contribution is 2.19. The molecule has 0 saturated heterocycles. The molecule has 1 heterocycles. The molecule has 0 aromatic rings. The smallest absolute Gasteiger partial charge is 0.175 e. The lowest BCUT2D eigenvalue weighted by Crippen LogP contribution is -2.35. The van der Waals surface area contributed by atoms with Gasteiger partial charge in [0.05, 0.1) is 0 Å². The standard InChI is InChI=1S/C11H22BrN3/c1-3-5-6-7-9-15-11(12)14(8-4-2)10-13-15/h10-11H,3-9H2,1-2H3. The van der Waals surface area contributed by atoms with Crippen molar-refractivity contribution >= 4 is 22.3 Å². The van der Waals surface area contributed by atoms with Crippen LogP contribution in [-0.4, -0.2) is 34.4 Å². The van der Waals surface area contributed by atoms with Crippen molar-refractivity contribution in [3.05, 3.63) is 0 Å². The van der Waals surface area contributed by atoms with E-state index in [0.717, 1.165) is 19.5 Å². The number of hydrogen-bond donors (Lipinski definition) is 0. The maximum atomic E-state index is 4.40. The molecular weight excluding hydrogens is 254 g/mol. The van der Waals surface area contributed by atoms with Crippen molar-refractivity contribution in [1.29, 1.82) is 0 Å². The summed E-state index contributed by atoms with van der Waals surface area (Å²) in [5, 5.41) is 6.81. The molecule has 1 atom stereocenters. The van der Waals surface area contributed by atoms with Gasteiger partial charge in [-0.15, -0.1) is 0 Å². The Kier molecular flexibility index (Phi) is 6.06. The summed E-state index contributed by atoms with van der Waals surface area (Å²) >= 11 is 3.67. The van der Waals surface area contributed by atoms with E-state index in [4.69, 9.17) is 0 Å². The fraction of sp³-hybridized carbons (Fsp3) is 0.909. The lowest BCUT2D eigenvalue weighted by Gasteiger charge is -2.25. The third-order valence-corrected chi connectivity index (χ3v) is 3.59. The normalized spacial score (nSPS) is 20.3. The molecule has 88 valence electrons. The number of hydrogen-bond acceptors (Lipinski definition) is 3. The Morgan fingerprint density at radius 3 is 2.60 bits per heavy atom.